The van der Waals surface area contributed by atoms with E-state index in [0.717, 1.165) is 38.3 Å². The van der Waals surface area contributed by atoms with Crippen molar-refractivity contribution in [3.63, 3.8) is 0 Å². The average molecular weight is 302 g/mol. The molecule has 0 radical (unpaired) electrons. The van der Waals surface area contributed by atoms with E-state index in [4.69, 9.17) is 4.74 Å². The Morgan fingerprint density at radius 3 is 2.68 bits per heavy atom. The van der Waals surface area contributed by atoms with Gasteiger partial charge in [-0.2, -0.15) is 0 Å². The Hall–Kier alpha value is -1.39. The Balaban J connectivity index is 1.47. The third-order valence-corrected chi connectivity index (χ3v) is 4.59. The van der Waals surface area contributed by atoms with Crippen LogP contribution in [0.25, 0.3) is 0 Å². The van der Waals surface area contributed by atoms with Crippen LogP contribution in [-0.2, 0) is 9.53 Å². The monoisotopic (exact) mass is 302 g/mol. The van der Waals surface area contributed by atoms with Gasteiger partial charge in [-0.05, 0) is 56.2 Å². The topological polar surface area (TPSA) is 50.4 Å². The van der Waals surface area contributed by atoms with E-state index in [-0.39, 0.29) is 11.8 Å². The van der Waals surface area contributed by atoms with Gasteiger partial charge in [-0.3, -0.25) is 4.79 Å². The van der Waals surface area contributed by atoms with E-state index in [1.165, 1.54) is 18.4 Å². The summed E-state index contributed by atoms with van der Waals surface area (Å²) in [6.45, 7) is 4.98. The van der Waals surface area contributed by atoms with Gasteiger partial charge in [0.2, 0.25) is 5.91 Å². The van der Waals surface area contributed by atoms with Gasteiger partial charge in [0, 0.05) is 30.8 Å². The quantitative estimate of drug-likeness (QED) is 0.849. The maximum absolute atomic E-state index is 11.7. The molecule has 1 amide bonds. The van der Waals surface area contributed by atoms with Crippen molar-refractivity contribution in [2.24, 2.45) is 11.8 Å². The van der Waals surface area contributed by atoms with Crippen LogP contribution in [-0.4, -0.2) is 25.7 Å². The van der Waals surface area contributed by atoms with Crippen LogP contribution >= 0.6 is 0 Å². The summed E-state index contributed by atoms with van der Waals surface area (Å²) in [4.78, 5) is 11.7. The van der Waals surface area contributed by atoms with E-state index >= 15 is 0 Å². The number of nitrogens with one attached hydrogen (secondary N) is 2. The summed E-state index contributed by atoms with van der Waals surface area (Å²) in [6, 6.07) is 8.50. The molecule has 120 valence electrons. The second kappa shape index (κ2) is 7.25. The first kappa shape index (κ1) is 15.5. The summed E-state index contributed by atoms with van der Waals surface area (Å²) >= 11 is 0. The van der Waals surface area contributed by atoms with Gasteiger partial charge in [0.25, 0.3) is 0 Å². The van der Waals surface area contributed by atoms with Crippen LogP contribution in [0.15, 0.2) is 24.3 Å². The second-order valence-corrected chi connectivity index (χ2v) is 6.60. The molecule has 22 heavy (non-hydrogen) atoms. The first-order chi connectivity index (χ1) is 10.7. The fourth-order valence-corrected chi connectivity index (χ4v) is 2.87. The molecule has 1 saturated carbocycles. The highest BCUT2D eigenvalue weighted by molar-refractivity contribution is 5.93. The second-order valence-electron chi connectivity index (χ2n) is 6.60. The van der Waals surface area contributed by atoms with Gasteiger partial charge in [0.1, 0.15) is 0 Å². The fraction of sp³-hybridized carbons (Fsp3) is 0.611. The minimum atomic E-state index is 0.163. The van der Waals surface area contributed by atoms with Crippen LogP contribution in [0.5, 0.6) is 0 Å². The van der Waals surface area contributed by atoms with Crippen molar-refractivity contribution in [1.29, 1.82) is 0 Å². The van der Waals surface area contributed by atoms with Crippen LogP contribution in [0.4, 0.5) is 5.69 Å². The Labute approximate surface area is 132 Å². The molecule has 1 aromatic rings. The molecule has 0 bridgehead atoms. The van der Waals surface area contributed by atoms with Crippen LogP contribution < -0.4 is 10.6 Å². The van der Waals surface area contributed by atoms with Crippen LogP contribution in [0.1, 0.15) is 44.2 Å². The van der Waals surface area contributed by atoms with Gasteiger partial charge >= 0.3 is 0 Å². The zero-order valence-corrected chi connectivity index (χ0v) is 13.3. The van der Waals surface area contributed by atoms with Gasteiger partial charge in [0.15, 0.2) is 0 Å². The number of benzene rings is 1. The third-order valence-electron chi connectivity index (χ3n) is 4.59. The summed E-state index contributed by atoms with van der Waals surface area (Å²) in [5, 5.41) is 6.57. The normalized spacial score (nSPS) is 23.0. The van der Waals surface area contributed by atoms with Crippen molar-refractivity contribution in [3.8, 4) is 0 Å². The zero-order valence-electron chi connectivity index (χ0n) is 13.3. The number of carbonyl (C=O) groups is 1. The van der Waals surface area contributed by atoms with E-state index in [2.05, 4.69) is 29.7 Å². The lowest BCUT2D eigenvalue weighted by Gasteiger charge is -2.24. The van der Waals surface area contributed by atoms with E-state index in [1.54, 1.807) is 0 Å². The summed E-state index contributed by atoms with van der Waals surface area (Å²) in [5.41, 5.74) is 2.15. The Kier molecular flexibility index (Phi) is 5.11. The molecule has 1 aromatic carbocycles. The first-order valence-corrected chi connectivity index (χ1v) is 8.44. The average Bonchev–Trinajstić information content (AvgIpc) is 3.39. The number of hydrogen-bond acceptors (Lipinski definition) is 3. The lowest BCUT2D eigenvalue weighted by molar-refractivity contribution is -0.117. The largest absolute Gasteiger partial charge is 0.381 e. The summed E-state index contributed by atoms with van der Waals surface area (Å²) in [5.74, 6) is 1.04. The predicted molar refractivity (Wildman–Crippen MR) is 87.8 cm³/mol. The van der Waals surface area contributed by atoms with Crippen molar-refractivity contribution in [2.75, 3.05) is 25.1 Å². The number of carbonyl (C=O) groups excluding carboxylic acids is 1. The van der Waals surface area contributed by atoms with Crippen molar-refractivity contribution >= 4 is 11.6 Å². The third kappa shape index (κ3) is 4.31. The molecule has 2 N–H and O–H groups in total. The fourth-order valence-electron chi connectivity index (χ4n) is 2.87. The molecular formula is C18H26N2O2. The Morgan fingerprint density at radius 2 is 2.05 bits per heavy atom. The molecule has 4 heteroatoms. The van der Waals surface area contributed by atoms with Crippen molar-refractivity contribution in [1.82, 2.24) is 5.32 Å². The number of hydrogen-bond donors (Lipinski definition) is 2. The molecule has 1 aliphatic carbocycles. The van der Waals surface area contributed by atoms with Crippen LogP contribution in [0.3, 0.4) is 0 Å². The SMILES string of the molecule is C[C@@H](NC[C@H]1CCCOC1)c1ccc(NC(=O)C2CC2)cc1. The maximum atomic E-state index is 11.7. The lowest BCUT2D eigenvalue weighted by atomic mass is 10.0. The highest BCUT2D eigenvalue weighted by Gasteiger charge is 2.29. The van der Waals surface area contributed by atoms with E-state index in [9.17, 15) is 4.79 Å². The summed E-state index contributed by atoms with van der Waals surface area (Å²) in [6.07, 6.45) is 4.51. The first-order valence-electron chi connectivity index (χ1n) is 8.44. The van der Waals surface area contributed by atoms with E-state index < -0.39 is 0 Å². The molecule has 2 atom stereocenters. The molecule has 0 unspecified atom stereocenters. The van der Waals surface area contributed by atoms with Crippen LogP contribution in [0.2, 0.25) is 0 Å². The molecule has 0 spiro atoms. The molecule has 3 rings (SSSR count). The summed E-state index contributed by atoms with van der Waals surface area (Å²) in [7, 11) is 0. The van der Waals surface area contributed by atoms with E-state index in [0.29, 0.717) is 12.0 Å². The summed E-state index contributed by atoms with van der Waals surface area (Å²) < 4.78 is 5.52. The number of amides is 1. The molecule has 4 nitrogen and oxygen atoms in total. The molecular weight excluding hydrogens is 276 g/mol. The van der Waals surface area contributed by atoms with Crippen molar-refractivity contribution in [3.05, 3.63) is 29.8 Å². The van der Waals surface area contributed by atoms with Crippen molar-refractivity contribution in [2.45, 2.75) is 38.6 Å². The number of rotatable bonds is 6. The molecule has 2 aliphatic rings. The minimum Gasteiger partial charge on any atom is -0.381 e. The smallest absolute Gasteiger partial charge is 0.227 e. The van der Waals surface area contributed by atoms with E-state index in [1.807, 2.05) is 12.1 Å². The molecule has 1 aliphatic heterocycles. The lowest BCUT2D eigenvalue weighted by Crippen LogP contribution is -2.30. The maximum Gasteiger partial charge on any atom is 0.227 e. The molecule has 1 heterocycles. The molecule has 2 fully saturated rings. The highest BCUT2D eigenvalue weighted by atomic mass is 16.5. The number of anilines is 1. The van der Waals surface area contributed by atoms with Gasteiger partial charge in [0.05, 0.1) is 6.61 Å². The highest BCUT2D eigenvalue weighted by Crippen LogP contribution is 2.30. The van der Waals surface area contributed by atoms with Gasteiger partial charge in [-0.1, -0.05) is 12.1 Å². The Bertz CT molecular complexity index is 490. The zero-order chi connectivity index (χ0) is 15.4. The molecule has 1 saturated heterocycles. The van der Waals surface area contributed by atoms with Crippen molar-refractivity contribution < 1.29 is 9.53 Å². The van der Waals surface area contributed by atoms with Gasteiger partial charge < -0.3 is 15.4 Å². The standard InChI is InChI=1S/C18H26N2O2/c1-13(19-11-14-3-2-10-22-12-14)15-6-8-17(9-7-15)20-18(21)16-4-5-16/h6-9,13-14,16,19H,2-5,10-12H2,1H3,(H,20,21)/t13-,14-/m1/s1. The predicted octanol–water partition coefficient (Wildman–Crippen LogP) is 3.11. The van der Waals surface area contributed by atoms with Crippen LogP contribution in [0, 0.1) is 11.8 Å². The number of ether oxygens (including phenoxy) is 1. The van der Waals surface area contributed by atoms with Gasteiger partial charge in [-0.15, -0.1) is 0 Å². The Morgan fingerprint density at radius 1 is 1.27 bits per heavy atom. The molecule has 0 aromatic heterocycles. The van der Waals surface area contributed by atoms with Gasteiger partial charge in [-0.25, -0.2) is 0 Å². The minimum absolute atomic E-state index is 0.163.